The molecule has 3 aliphatic rings. The second-order valence-corrected chi connectivity index (χ2v) is 4.19. The summed E-state index contributed by atoms with van der Waals surface area (Å²) in [6.07, 6.45) is 9.48. The molecule has 1 heteroatoms. The number of hydrogen-bond acceptors (Lipinski definition) is 1. The van der Waals surface area contributed by atoms with Crippen molar-refractivity contribution in [1.82, 2.24) is 0 Å². The van der Waals surface area contributed by atoms with Crippen molar-refractivity contribution < 1.29 is 0 Å². The Morgan fingerprint density at radius 2 is 2.27 bits per heavy atom. The lowest BCUT2D eigenvalue weighted by molar-refractivity contribution is 0.259. The van der Waals surface area contributed by atoms with Gasteiger partial charge in [0.25, 0.3) is 0 Å². The highest BCUT2D eigenvalue weighted by Gasteiger charge is 2.55. The lowest BCUT2D eigenvalue weighted by Crippen LogP contribution is -2.44. The highest BCUT2D eigenvalue weighted by Crippen LogP contribution is 2.56. The van der Waals surface area contributed by atoms with Gasteiger partial charge in [0.1, 0.15) is 0 Å². The fourth-order valence-electron chi connectivity index (χ4n) is 3.03. The number of rotatable bonds is 0. The first kappa shape index (κ1) is 5.99. The van der Waals surface area contributed by atoms with Gasteiger partial charge in [0.15, 0.2) is 0 Å². The normalized spacial score (nSPS) is 57.4. The van der Waals surface area contributed by atoms with Gasteiger partial charge in [-0.25, -0.2) is 0 Å². The number of fused-ring (bicyclic) bond motifs is 3. The summed E-state index contributed by atoms with van der Waals surface area (Å²) < 4.78 is 0. The predicted molar refractivity (Wildman–Crippen MR) is 45.7 cm³/mol. The average Bonchev–Trinajstić information content (AvgIpc) is 2.41. The first-order valence-electron chi connectivity index (χ1n) is 4.55. The van der Waals surface area contributed by atoms with Crippen molar-refractivity contribution >= 4 is 6.21 Å². The molecule has 0 aromatic rings. The SMILES string of the molecule is CC1C2C=CC(C2)C12CC=N2. The van der Waals surface area contributed by atoms with Gasteiger partial charge in [-0.15, -0.1) is 0 Å². The van der Waals surface area contributed by atoms with Crippen molar-refractivity contribution in [3.8, 4) is 0 Å². The second-order valence-electron chi connectivity index (χ2n) is 4.19. The van der Waals surface area contributed by atoms with Crippen molar-refractivity contribution in [2.75, 3.05) is 0 Å². The summed E-state index contributed by atoms with van der Waals surface area (Å²) in [5.41, 5.74) is 0.374. The average molecular weight is 147 g/mol. The summed E-state index contributed by atoms with van der Waals surface area (Å²) in [6.45, 7) is 2.37. The molecule has 2 aliphatic carbocycles. The van der Waals surface area contributed by atoms with Gasteiger partial charge in [-0.05, 0) is 18.3 Å². The Balaban J connectivity index is 2.08. The van der Waals surface area contributed by atoms with Gasteiger partial charge < -0.3 is 0 Å². The maximum Gasteiger partial charge on any atom is 0.0746 e. The van der Waals surface area contributed by atoms with E-state index in [9.17, 15) is 0 Å². The first-order valence-corrected chi connectivity index (χ1v) is 4.55. The van der Waals surface area contributed by atoms with Crippen LogP contribution in [0.3, 0.4) is 0 Å². The van der Waals surface area contributed by atoms with Crippen LogP contribution < -0.4 is 0 Å². The number of allylic oxidation sites excluding steroid dienone is 1. The standard InChI is InChI=1S/C10H13N/c1-7-8-2-3-9(6-8)10(7)4-5-11-10/h2-3,5,7-9H,4,6H2,1H3. The van der Waals surface area contributed by atoms with Crippen molar-refractivity contribution in [2.24, 2.45) is 22.7 Å². The summed E-state index contributed by atoms with van der Waals surface area (Å²) in [5, 5.41) is 0. The fraction of sp³-hybridized carbons (Fsp3) is 0.700. The number of hydrogen-bond donors (Lipinski definition) is 0. The maximum atomic E-state index is 4.59. The highest BCUT2D eigenvalue weighted by molar-refractivity contribution is 5.68. The van der Waals surface area contributed by atoms with E-state index in [1.165, 1.54) is 12.8 Å². The van der Waals surface area contributed by atoms with Gasteiger partial charge in [-0.3, -0.25) is 4.99 Å². The molecule has 0 aromatic heterocycles. The van der Waals surface area contributed by atoms with E-state index in [0.717, 1.165) is 17.8 Å². The molecule has 0 aromatic carbocycles. The molecular formula is C10H13N. The smallest absolute Gasteiger partial charge is 0.0746 e. The molecule has 11 heavy (non-hydrogen) atoms. The molecule has 0 saturated heterocycles. The van der Waals surface area contributed by atoms with Crippen LogP contribution in [0.5, 0.6) is 0 Å². The van der Waals surface area contributed by atoms with E-state index in [1.807, 2.05) is 0 Å². The van der Waals surface area contributed by atoms with Crippen LogP contribution >= 0.6 is 0 Å². The molecule has 4 atom stereocenters. The Kier molecular flexibility index (Phi) is 0.869. The maximum absolute atomic E-state index is 4.59. The lowest BCUT2D eigenvalue weighted by atomic mass is 9.72. The Hall–Kier alpha value is -0.590. The van der Waals surface area contributed by atoms with E-state index in [0.29, 0.717) is 5.54 Å². The zero-order chi connectivity index (χ0) is 7.47. The van der Waals surface area contributed by atoms with Gasteiger partial charge in [-0.1, -0.05) is 19.1 Å². The van der Waals surface area contributed by atoms with E-state index in [-0.39, 0.29) is 0 Å². The molecule has 1 heterocycles. The summed E-state index contributed by atoms with van der Waals surface area (Å²) >= 11 is 0. The lowest BCUT2D eigenvalue weighted by Gasteiger charge is -2.41. The molecule has 3 rings (SSSR count). The van der Waals surface area contributed by atoms with Crippen LogP contribution in [0.1, 0.15) is 19.8 Å². The van der Waals surface area contributed by atoms with Gasteiger partial charge in [0, 0.05) is 18.6 Å². The Morgan fingerprint density at radius 3 is 2.64 bits per heavy atom. The molecule has 0 radical (unpaired) electrons. The monoisotopic (exact) mass is 147 g/mol. The molecular weight excluding hydrogens is 134 g/mol. The van der Waals surface area contributed by atoms with Crippen LogP contribution in [0, 0.1) is 17.8 Å². The van der Waals surface area contributed by atoms with E-state index in [2.05, 4.69) is 30.3 Å². The zero-order valence-electron chi connectivity index (χ0n) is 6.83. The quantitative estimate of drug-likeness (QED) is 0.465. The molecule has 1 spiro atoms. The summed E-state index contributed by atoms with van der Waals surface area (Å²) in [4.78, 5) is 4.59. The minimum absolute atomic E-state index is 0.374. The third-order valence-corrected chi connectivity index (χ3v) is 3.94. The Bertz CT molecular complexity index is 254. The zero-order valence-corrected chi connectivity index (χ0v) is 6.83. The molecule has 1 saturated carbocycles. The van der Waals surface area contributed by atoms with Gasteiger partial charge >= 0.3 is 0 Å². The number of nitrogens with zero attached hydrogens (tertiary/aromatic N) is 1. The van der Waals surface area contributed by atoms with Crippen molar-refractivity contribution in [3.63, 3.8) is 0 Å². The van der Waals surface area contributed by atoms with E-state index in [1.54, 1.807) is 0 Å². The minimum Gasteiger partial charge on any atom is -0.290 e. The van der Waals surface area contributed by atoms with Gasteiger partial charge in [-0.2, -0.15) is 0 Å². The van der Waals surface area contributed by atoms with E-state index >= 15 is 0 Å². The van der Waals surface area contributed by atoms with E-state index < -0.39 is 0 Å². The number of aliphatic imine (C=N–C) groups is 1. The summed E-state index contributed by atoms with van der Waals surface area (Å²) in [7, 11) is 0. The molecule has 1 fully saturated rings. The molecule has 58 valence electrons. The van der Waals surface area contributed by atoms with Crippen LogP contribution in [0.4, 0.5) is 0 Å². The third-order valence-electron chi connectivity index (χ3n) is 3.94. The Morgan fingerprint density at radius 1 is 1.45 bits per heavy atom. The second kappa shape index (κ2) is 1.60. The molecule has 0 amide bonds. The predicted octanol–water partition coefficient (Wildman–Crippen LogP) is 2.04. The third kappa shape index (κ3) is 0.492. The minimum atomic E-state index is 0.374. The molecule has 4 unspecified atom stereocenters. The first-order chi connectivity index (χ1) is 5.33. The van der Waals surface area contributed by atoms with Gasteiger partial charge in [0.05, 0.1) is 5.54 Å². The van der Waals surface area contributed by atoms with Gasteiger partial charge in [0.2, 0.25) is 0 Å². The van der Waals surface area contributed by atoms with Crippen molar-refractivity contribution in [1.29, 1.82) is 0 Å². The van der Waals surface area contributed by atoms with Crippen LogP contribution in [-0.4, -0.2) is 11.8 Å². The highest BCUT2D eigenvalue weighted by atomic mass is 15.0. The topological polar surface area (TPSA) is 12.4 Å². The van der Waals surface area contributed by atoms with Crippen molar-refractivity contribution in [3.05, 3.63) is 12.2 Å². The van der Waals surface area contributed by atoms with Crippen LogP contribution in [0.2, 0.25) is 0 Å². The Labute approximate surface area is 67.2 Å². The fourth-order valence-corrected chi connectivity index (χ4v) is 3.03. The summed E-state index contributed by atoms with van der Waals surface area (Å²) in [6, 6.07) is 0. The summed E-state index contributed by atoms with van der Waals surface area (Å²) in [5.74, 6) is 2.44. The van der Waals surface area contributed by atoms with Crippen molar-refractivity contribution in [2.45, 2.75) is 25.3 Å². The van der Waals surface area contributed by atoms with E-state index in [4.69, 9.17) is 0 Å². The largest absolute Gasteiger partial charge is 0.290 e. The van der Waals surface area contributed by atoms with Crippen LogP contribution in [0.25, 0.3) is 0 Å². The molecule has 2 bridgehead atoms. The molecule has 1 aliphatic heterocycles. The van der Waals surface area contributed by atoms with Crippen LogP contribution in [-0.2, 0) is 0 Å². The van der Waals surface area contributed by atoms with Crippen LogP contribution in [0.15, 0.2) is 17.1 Å². The molecule has 0 N–H and O–H groups in total. The molecule has 1 nitrogen and oxygen atoms in total.